The monoisotopic (exact) mass is 388 g/mol. The van der Waals surface area contributed by atoms with E-state index in [9.17, 15) is 4.79 Å². The average molecular weight is 388 g/mol. The lowest BCUT2D eigenvalue weighted by Crippen LogP contribution is -3.10. The number of hydrogen-bond acceptors (Lipinski definition) is 8. The van der Waals surface area contributed by atoms with Crippen LogP contribution in [0.3, 0.4) is 0 Å². The Bertz CT molecular complexity index is 864. The van der Waals surface area contributed by atoms with E-state index in [-0.39, 0.29) is 23.2 Å². The molecule has 0 aliphatic heterocycles. The number of carbonyl (C=O) groups excluding carboxylic acids is 1. The van der Waals surface area contributed by atoms with Crippen molar-refractivity contribution in [2.24, 2.45) is 0 Å². The second-order valence-corrected chi connectivity index (χ2v) is 6.52. The number of hydrogen-bond donors (Lipinski definition) is 4. The van der Waals surface area contributed by atoms with E-state index in [0.29, 0.717) is 12.2 Å². The summed E-state index contributed by atoms with van der Waals surface area (Å²) in [5, 5.41) is 15.5. The molecule has 0 spiro atoms. The highest BCUT2D eigenvalue weighted by Gasteiger charge is 2.26. The van der Waals surface area contributed by atoms with E-state index in [4.69, 9.17) is 5.73 Å². The molecule has 3 rings (SSSR count). The minimum Gasteiger partial charge on any atom is -0.378 e. The number of amides is 1. The Kier molecular flexibility index (Phi) is 6.37. The fourth-order valence-electron chi connectivity index (χ4n) is 3.00. The van der Waals surface area contributed by atoms with Gasteiger partial charge in [0.25, 0.3) is 5.91 Å². The van der Waals surface area contributed by atoms with Crippen LogP contribution in [-0.4, -0.2) is 44.3 Å². The summed E-state index contributed by atoms with van der Waals surface area (Å²) >= 11 is 0. The van der Waals surface area contributed by atoms with Crippen LogP contribution >= 0.6 is 0 Å². The Morgan fingerprint density at radius 1 is 1.36 bits per heavy atom. The number of nitrogens with zero attached hydrogens (tertiary/aromatic N) is 5. The van der Waals surface area contributed by atoms with Gasteiger partial charge in [-0.2, -0.15) is 4.68 Å². The van der Waals surface area contributed by atoms with Crippen LogP contribution in [-0.2, 0) is 6.54 Å². The number of nitrogens with two attached hydrogens (primary N) is 1. The van der Waals surface area contributed by atoms with Gasteiger partial charge in [-0.15, -0.1) is 5.10 Å². The standard InChI is InChI=1S/C17H25N9O2/c1-3-25(4-2)11-13-14(20-24-26(13)16-15(18)22-28-23-16)17(27)21-19-10-12-8-6-5-7-9-12/h5-6,10,19H,3-4,7-9,11H2,1-2H3,(H2,18,22)(H,21,27)/p+1. The molecular weight excluding hydrogens is 362 g/mol. The lowest BCUT2D eigenvalue weighted by Gasteiger charge is -2.16. The quantitative estimate of drug-likeness (QED) is 0.351. The summed E-state index contributed by atoms with van der Waals surface area (Å²) in [7, 11) is 0. The van der Waals surface area contributed by atoms with Gasteiger partial charge in [-0.05, 0) is 49.0 Å². The van der Waals surface area contributed by atoms with E-state index in [1.807, 2.05) is 6.20 Å². The van der Waals surface area contributed by atoms with Gasteiger partial charge in [0, 0.05) is 6.20 Å². The summed E-state index contributed by atoms with van der Waals surface area (Å²) in [5.74, 6) is -0.0796. The first-order valence-corrected chi connectivity index (χ1v) is 9.39. The number of carbonyl (C=O) groups is 1. The van der Waals surface area contributed by atoms with Crippen molar-refractivity contribution in [3.8, 4) is 5.82 Å². The molecule has 28 heavy (non-hydrogen) atoms. The van der Waals surface area contributed by atoms with Gasteiger partial charge in [-0.3, -0.25) is 10.2 Å². The van der Waals surface area contributed by atoms with Gasteiger partial charge in [0.15, 0.2) is 5.69 Å². The van der Waals surface area contributed by atoms with Crippen molar-refractivity contribution < 1.29 is 14.3 Å². The molecular formula is C17H26N9O2+. The molecule has 1 aliphatic carbocycles. The highest BCUT2D eigenvalue weighted by atomic mass is 16.6. The fraction of sp³-hybridized carbons (Fsp3) is 0.471. The van der Waals surface area contributed by atoms with Crippen LogP contribution in [0.15, 0.2) is 28.6 Å². The molecule has 0 saturated carbocycles. The molecule has 0 atom stereocenters. The van der Waals surface area contributed by atoms with Gasteiger partial charge in [0.1, 0.15) is 12.2 Å². The second kappa shape index (κ2) is 9.13. The molecule has 0 saturated heterocycles. The first-order valence-electron chi connectivity index (χ1n) is 9.39. The Labute approximate surface area is 162 Å². The molecule has 11 nitrogen and oxygen atoms in total. The lowest BCUT2D eigenvalue weighted by atomic mass is 10.0. The summed E-state index contributed by atoms with van der Waals surface area (Å²) in [5.41, 5.74) is 13.3. The van der Waals surface area contributed by atoms with Gasteiger partial charge < -0.3 is 16.1 Å². The first kappa shape index (κ1) is 19.5. The molecule has 0 aromatic carbocycles. The van der Waals surface area contributed by atoms with Gasteiger partial charge in [-0.1, -0.05) is 17.4 Å². The van der Waals surface area contributed by atoms with Gasteiger partial charge >= 0.3 is 0 Å². The van der Waals surface area contributed by atoms with Crippen molar-refractivity contribution in [2.45, 2.75) is 39.7 Å². The molecule has 150 valence electrons. The topological polar surface area (TPSA) is 141 Å². The number of anilines is 1. The molecule has 5 N–H and O–H groups in total. The summed E-state index contributed by atoms with van der Waals surface area (Å²) in [6.45, 7) is 6.44. The fourth-order valence-corrected chi connectivity index (χ4v) is 3.00. The van der Waals surface area contributed by atoms with Crippen LogP contribution in [0.4, 0.5) is 5.82 Å². The smallest absolute Gasteiger partial charge is 0.292 e. The normalized spacial score (nSPS) is 15.3. The van der Waals surface area contributed by atoms with Crippen molar-refractivity contribution in [1.29, 1.82) is 0 Å². The van der Waals surface area contributed by atoms with Crippen LogP contribution in [0, 0.1) is 0 Å². The van der Waals surface area contributed by atoms with Crippen molar-refractivity contribution in [2.75, 3.05) is 18.8 Å². The number of quaternary nitrogens is 1. The zero-order chi connectivity index (χ0) is 19.9. The number of hydrazine groups is 1. The van der Waals surface area contributed by atoms with Crippen LogP contribution in [0.5, 0.6) is 0 Å². The highest BCUT2D eigenvalue weighted by molar-refractivity contribution is 5.93. The number of allylic oxidation sites excluding steroid dienone is 3. The SMILES string of the molecule is CC[NH+](CC)Cc1c(C(=O)NNC=C2CC=CCC2)nnn1-c1nonc1N. The van der Waals surface area contributed by atoms with E-state index in [1.165, 1.54) is 15.2 Å². The lowest BCUT2D eigenvalue weighted by molar-refractivity contribution is -0.910. The highest BCUT2D eigenvalue weighted by Crippen LogP contribution is 2.16. The third-order valence-electron chi connectivity index (χ3n) is 4.73. The molecule has 0 unspecified atom stereocenters. The molecule has 0 radical (unpaired) electrons. The molecule has 2 heterocycles. The predicted molar refractivity (Wildman–Crippen MR) is 101 cm³/mol. The zero-order valence-electron chi connectivity index (χ0n) is 16.1. The largest absolute Gasteiger partial charge is 0.378 e. The van der Waals surface area contributed by atoms with Crippen molar-refractivity contribution in [3.05, 3.63) is 35.3 Å². The third-order valence-corrected chi connectivity index (χ3v) is 4.73. The Morgan fingerprint density at radius 3 is 2.82 bits per heavy atom. The maximum atomic E-state index is 12.7. The van der Waals surface area contributed by atoms with E-state index in [2.05, 4.69) is 62.1 Å². The number of aromatic nitrogens is 5. The molecule has 1 amide bonds. The molecule has 0 bridgehead atoms. The van der Waals surface area contributed by atoms with Crippen LogP contribution < -0.4 is 21.5 Å². The molecule has 2 aromatic rings. The van der Waals surface area contributed by atoms with Crippen molar-refractivity contribution >= 4 is 11.7 Å². The molecule has 1 aliphatic rings. The Balaban J connectivity index is 1.81. The zero-order valence-corrected chi connectivity index (χ0v) is 16.1. The van der Waals surface area contributed by atoms with Crippen LogP contribution in [0.2, 0.25) is 0 Å². The number of rotatable bonds is 8. The summed E-state index contributed by atoms with van der Waals surface area (Å²) < 4.78 is 6.08. The first-order chi connectivity index (χ1) is 13.6. The average Bonchev–Trinajstić information content (AvgIpc) is 3.32. The summed E-state index contributed by atoms with van der Waals surface area (Å²) in [6, 6.07) is 0. The summed E-state index contributed by atoms with van der Waals surface area (Å²) in [4.78, 5) is 13.9. The second-order valence-electron chi connectivity index (χ2n) is 6.52. The molecule has 0 fully saturated rings. The minimum atomic E-state index is -0.383. The van der Waals surface area contributed by atoms with E-state index in [0.717, 1.165) is 32.4 Å². The van der Waals surface area contributed by atoms with E-state index >= 15 is 0 Å². The van der Waals surface area contributed by atoms with Crippen molar-refractivity contribution in [1.82, 2.24) is 36.2 Å². The number of nitrogen functional groups attached to an aromatic ring is 1. The Hall–Kier alpha value is -3.21. The van der Waals surface area contributed by atoms with E-state index < -0.39 is 0 Å². The molecule has 11 heteroatoms. The predicted octanol–water partition coefficient (Wildman–Crippen LogP) is -0.484. The third kappa shape index (κ3) is 4.36. The van der Waals surface area contributed by atoms with Gasteiger partial charge in [0.2, 0.25) is 11.6 Å². The number of nitrogens with one attached hydrogen (secondary N) is 3. The maximum absolute atomic E-state index is 12.7. The van der Waals surface area contributed by atoms with Gasteiger partial charge in [-0.25, -0.2) is 4.63 Å². The minimum absolute atomic E-state index is 0.0841. The maximum Gasteiger partial charge on any atom is 0.292 e. The van der Waals surface area contributed by atoms with Gasteiger partial charge in [0.05, 0.1) is 13.1 Å². The Morgan fingerprint density at radius 2 is 2.18 bits per heavy atom. The van der Waals surface area contributed by atoms with Crippen LogP contribution in [0.1, 0.15) is 49.3 Å². The van der Waals surface area contributed by atoms with Crippen LogP contribution in [0.25, 0.3) is 5.82 Å². The summed E-state index contributed by atoms with van der Waals surface area (Å²) in [6.07, 6.45) is 8.96. The van der Waals surface area contributed by atoms with E-state index in [1.54, 1.807) is 0 Å². The molecule has 2 aromatic heterocycles. The van der Waals surface area contributed by atoms with Crippen molar-refractivity contribution in [3.63, 3.8) is 0 Å².